The second kappa shape index (κ2) is 9.10. The molecule has 1 saturated heterocycles. The summed E-state index contributed by atoms with van der Waals surface area (Å²) in [6.45, 7) is 2.02. The Morgan fingerprint density at radius 3 is 2.21 bits per heavy atom. The SMILES string of the molecule is O=C(CCc1ccccc1)N1CCC(Cn2c(=O)[nH]c3ccccc32)(c2ccccc2)CC1. The minimum absolute atomic E-state index is 0.0760. The van der Waals surface area contributed by atoms with Crippen molar-refractivity contribution in [3.63, 3.8) is 0 Å². The van der Waals surface area contributed by atoms with E-state index in [1.165, 1.54) is 11.1 Å². The summed E-state index contributed by atoms with van der Waals surface area (Å²) in [6.07, 6.45) is 2.97. The molecule has 0 saturated carbocycles. The van der Waals surface area contributed by atoms with E-state index in [0.717, 1.165) is 30.3 Å². The largest absolute Gasteiger partial charge is 0.343 e. The third-order valence-electron chi connectivity index (χ3n) is 7.07. The Morgan fingerprint density at radius 2 is 1.48 bits per heavy atom. The predicted octanol–water partition coefficient (Wildman–Crippen LogP) is 4.52. The van der Waals surface area contributed by atoms with E-state index < -0.39 is 0 Å². The molecule has 1 aliphatic rings. The van der Waals surface area contributed by atoms with Gasteiger partial charge in [-0.15, -0.1) is 0 Å². The number of amides is 1. The van der Waals surface area contributed by atoms with Gasteiger partial charge in [0.25, 0.3) is 0 Å². The minimum Gasteiger partial charge on any atom is -0.343 e. The van der Waals surface area contributed by atoms with Crippen LogP contribution in [0.4, 0.5) is 0 Å². The molecule has 0 bridgehead atoms. The molecular formula is C28H29N3O2. The Balaban J connectivity index is 1.36. The lowest BCUT2D eigenvalue weighted by molar-refractivity contribution is -0.132. The summed E-state index contributed by atoms with van der Waals surface area (Å²) in [5, 5.41) is 0. The van der Waals surface area contributed by atoms with Gasteiger partial charge in [0.05, 0.1) is 11.0 Å². The fourth-order valence-corrected chi connectivity index (χ4v) is 5.13. The van der Waals surface area contributed by atoms with Crippen molar-refractivity contribution < 1.29 is 4.79 Å². The fraction of sp³-hybridized carbons (Fsp3) is 0.286. The van der Waals surface area contributed by atoms with Crippen LogP contribution in [-0.4, -0.2) is 33.4 Å². The minimum atomic E-state index is -0.188. The summed E-state index contributed by atoms with van der Waals surface area (Å²) in [5.41, 5.74) is 3.96. The number of hydrogen-bond acceptors (Lipinski definition) is 2. The number of aromatic nitrogens is 2. The highest BCUT2D eigenvalue weighted by Gasteiger charge is 2.38. The number of nitrogens with one attached hydrogen (secondary N) is 1. The number of imidazole rings is 1. The first-order valence-electron chi connectivity index (χ1n) is 11.7. The molecule has 3 aromatic carbocycles. The van der Waals surface area contributed by atoms with Crippen molar-refractivity contribution in [3.05, 3.63) is 107 Å². The Kier molecular flexibility index (Phi) is 5.86. The van der Waals surface area contributed by atoms with E-state index in [1.807, 2.05) is 58.0 Å². The molecule has 1 N–H and O–H groups in total. The van der Waals surface area contributed by atoms with Gasteiger partial charge in [0.2, 0.25) is 5.91 Å². The molecule has 0 unspecified atom stereocenters. The third kappa shape index (κ3) is 4.36. The van der Waals surface area contributed by atoms with Crippen LogP contribution in [0.3, 0.4) is 0 Å². The highest BCUT2D eigenvalue weighted by atomic mass is 16.2. The summed E-state index contributed by atoms with van der Waals surface area (Å²) in [6, 6.07) is 28.5. The number of carbonyl (C=O) groups is 1. The van der Waals surface area contributed by atoms with Crippen LogP contribution in [0, 0.1) is 0 Å². The molecule has 0 atom stereocenters. The molecule has 5 rings (SSSR count). The number of aromatic amines is 1. The van der Waals surface area contributed by atoms with Crippen LogP contribution in [0.5, 0.6) is 0 Å². The number of aryl methyl sites for hydroxylation is 1. The van der Waals surface area contributed by atoms with Crippen LogP contribution in [0.2, 0.25) is 0 Å². The zero-order valence-electron chi connectivity index (χ0n) is 18.7. The molecule has 2 heterocycles. The third-order valence-corrected chi connectivity index (χ3v) is 7.07. The number of fused-ring (bicyclic) bond motifs is 1. The quantitative estimate of drug-likeness (QED) is 0.480. The van der Waals surface area contributed by atoms with E-state index in [1.54, 1.807) is 0 Å². The van der Waals surface area contributed by atoms with E-state index in [9.17, 15) is 9.59 Å². The van der Waals surface area contributed by atoms with E-state index >= 15 is 0 Å². The smallest absolute Gasteiger partial charge is 0.326 e. The topological polar surface area (TPSA) is 58.1 Å². The Labute approximate surface area is 193 Å². The van der Waals surface area contributed by atoms with Crippen molar-refractivity contribution in [2.45, 2.75) is 37.6 Å². The van der Waals surface area contributed by atoms with Crippen LogP contribution in [0.15, 0.2) is 89.7 Å². The predicted molar refractivity (Wildman–Crippen MR) is 131 cm³/mol. The first-order chi connectivity index (χ1) is 16.1. The number of piperidine rings is 1. The van der Waals surface area contributed by atoms with Crippen LogP contribution < -0.4 is 5.69 Å². The average molecular weight is 440 g/mol. The maximum atomic E-state index is 12.9. The molecule has 5 nitrogen and oxygen atoms in total. The van der Waals surface area contributed by atoms with E-state index in [2.05, 4.69) is 41.4 Å². The Bertz CT molecular complexity index is 1280. The van der Waals surface area contributed by atoms with Crippen LogP contribution in [0.1, 0.15) is 30.4 Å². The highest BCUT2D eigenvalue weighted by molar-refractivity contribution is 5.77. The number of carbonyl (C=O) groups excluding carboxylic acids is 1. The molecule has 4 aromatic rings. The van der Waals surface area contributed by atoms with Gasteiger partial charge in [-0.25, -0.2) is 4.79 Å². The molecule has 1 fully saturated rings. The zero-order chi connectivity index (χ0) is 22.7. The molecule has 168 valence electrons. The molecule has 0 radical (unpaired) electrons. The van der Waals surface area contributed by atoms with Crippen molar-refractivity contribution >= 4 is 16.9 Å². The molecule has 33 heavy (non-hydrogen) atoms. The van der Waals surface area contributed by atoms with Crippen LogP contribution >= 0.6 is 0 Å². The van der Waals surface area contributed by atoms with Gasteiger partial charge in [-0.3, -0.25) is 9.36 Å². The molecule has 1 aliphatic heterocycles. The maximum Gasteiger partial charge on any atom is 0.326 e. The zero-order valence-corrected chi connectivity index (χ0v) is 18.7. The van der Waals surface area contributed by atoms with Gasteiger partial charge in [-0.2, -0.15) is 0 Å². The van der Waals surface area contributed by atoms with Gasteiger partial charge in [0, 0.05) is 31.5 Å². The van der Waals surface area contributed by atoms with E-state index in [-0.39, 0.29) is 17.0 Å². The standard InChI is InChI=1S/C28H29N3O2/c32-26(16-15-22-9-3-1-4-10-22)30-19-17-28(18-20-30,23-11-5-2-6-12-23)21-31-25-14-8-7-13-24(25)29-27(31)33/h1-14H,15-21H2,(H,29,33). The van der Waals surface area contributed by atoms with Gasteiger partial charge in [-0.1, -0.05) is 72.8 Å². The van der Waals surface area contributed by atoms with Gasteiger partial charge in [0.15, 0.2) is 0 Å². The van der Waals surface area contributed by atoms with Crippen LogP contribution in [0.25, 0.3) is 11.0 Å². The van der Waals surface area contributed by atoms with Crippen molar-refractivity contribution in [2.75, 3.05) is 13.1 Å². The van der Waals surface area contributed by atoms with Crippen molar-refractivity contribution in [2.24, 2.45) is 0 Å². The lowest BCUT2D eigenvalue weighted by Gasteiger charge is -2.42. The first kappa shape index (κ1) is 21.3. The highest BCUT2D eigenvalue weighted by Crippen LogP contribution is 2.37. The molecule has 0 spiro atoms. The van der Waals surface area contributed by atoms with E-state index in [4.69, 9.17) is 0 Å². The molecular weight excluding hydrogens is 410 g/mol. The van der Waals surface area contributed by atoms with Gasteiger partial charge in [0.1, 0.15) is 0 Å². The van der Waals surface area contributed by atoms with Gasteiger partial charge < -0.3 is 9.88 Å². The normalized spacial score (nSPS) is 15.6. The fourth-order valence-electron chi connectivity index (χ4n) is 5.13. The number of H-pyrrole nitrogens is 1. The molecule has 5 heteroatoms. The van der Waals surface area contributed by atoms with Gasteiger partial charge in [-0.05, 0) is 42.5 Å². The van der Waals surface area contributed by atoms with Crippen molar-refractivity contribution in [1.29, 1.82) is 0 Å². The molecule has 1 aromatic heterocycles. The Morgan fingerprint density at radius 1 is 0.848 bits per heavy atom. The van der Waals surface area contributed by atoms with Crippen molar-refractivity contribution in [1.82, 2.24) is 14.5 Å². The number of hydrogen-bond donors (Lipinski definition) is 1. The summed E-state index contributed by atoms with van der Waals surface area (Å²) >= 11 is 0. The summed E-state index contributed by atoms with van der Waals surface area (Å²) in [4.78, 5) is 30.7. The number of benzene rings is 3. The molecule has 1 amide bonds. The number of nitrogens with zero attached hydrogens (tertiary/aromatic N) is 2. The lowest BCUT2D eigenvalue weighted by atomic mass is 9.72. The number of likely N-dealkylation sites (tertiary alicyclic amines) is 1. The second-order valence-electron chi connectivity index (χ2n) is 9.05. The van der Waals surface area contributed by atoms with Crippen LogP contribution in [-0.2, 0) is 23.2 Å². The average Bonchev–Trinajstić information content (AvgIpc) is 3.19. The number of rotatable bonds is 6. The Hall–Kier alpha value is -3.60. The van der Waals surface area contributed by atoms with Crippen molar-refractivity contribution in [3.8, 4) is 0 Å². The lowest BCUT2D eigenvalue weighted by Crippen LogP contribution is -2.48. The number of para-hydroxylation sites is 2. The monoisotopic (exact) mass is 439 g/mol. The maximum absolute atomic E-state index is 12.9. The second-order valence-corrected chi connectivity index (χ2v) is 9.05. The van der Waals surface area contributed by atoms with Gasteiger partial charge >= 0.3 is 5.69 Å². The summed E-state index contributed by atoms with van der Waals surface area (Å²) < 4.78 is 1.87. The van der Waals surface area contributed by atoms with E-state index in [0.29, 0.717) is 26.1 Å². The summed E-state index contributed by atoms with van der Waals surface area (Å²) in [7, 11) is 0. The molecule has 0 aliphatic carbocycles. The summed E-state index contributed by atoms with van der Waals surface area (Å²) in [5.74, 6) is 0.213. The first-order valence-corrected chi connectivity index (χ1v) is 11.7.